The Balaban J connectivity index is 3.22. The Morgan fingerprint density at radius 1 is 0.655 bits per heavy atom. The van der Waals surface area contributed by atoms with E-state index >= 15 is 0 Å². The van der Waals surface area contributed by atoms with E-state index in [0.29, 0.717) is 25.7 Å². The molecule has 29 heavy (non-hydrogen) atoms. The van der Waals surface area contributed by atoms with Crippen molar-refractivity contribution < 1.29 is 57.1 Å². The molecule has 0 N–H and O–H groups in total. The molecule has 0 bridgehead atoms. The first-order valence-electron chi connectivity index (χ1n) is 8.04. The fraction of sp³-hybridized carbons (Fsp3) is 0.867. The van der Waals surface area contributed by atoms with Gasteiger partial charge < -0.3 is 0 Å². The molecule has 0 aromatic heterocycles. The number of halogens is 14. The monoisotopic (exact) mass is 568 g/mol. The number of alkyl halides is 13. The van der Waals surface area contributed by atoms with Gasteiger partial charge in [0.2, 0.25) is 0 Å². The standard InChI is InChI=1S/C15H14F13I/c16-10(17,7-9(29)6-8-4-2-1-3-5-8)11(18,19)12(20,21)13(22,23)14(24,25)15(26,27)28/h6,8H,1-5,7H2/b9-6-. The van der Waals surface area contributed by atoms with Crippen LogP contribution in [-0.2, 0) is 0 Å². The van der Waals surface area contributed by atoms with Gasteiger partial charge in [0, 0.05) is 6.42 Å². The van der Waals surface area contributed by atoms with E-state index < -0.39 is 45.8 Å². The molecule has 0 unspecified atom stereocenters. The van der Waals surface area contributed by atoms with Crippen molar-refractivity contribution in [2.75, 3.05) is 0 Å². The molecule has 0 aromatic carbocycles. The van der Waals surface area contributed by atoms with Crippen molar-refractivity contribution in [1.82, 2.24) is 0 Å². The summed E-state index contributed by atoms with van der Waals surface area (Å²) in [5.41, 5.74) is 0. The van der Waals surface area contributed by atoms with Crippen molar-refractivity contribution in [1.29, 1.82) is 0 Å². The third-order valence-corrected chi connectivity index (χ3v) is 5.20. The van der Waals surface area contributed by atoms with Gasteiger partial charge in [-0.25, -0.2) is 0 Å². The SMILES string of the molecule is FC(F)(F)C(F)(F)C(F)(F)C(F)(F)C(F)(F)C(F)(F)C/C(I)=C/C1CCCCC1. The maximum absolute atomic E-state index is 13.8. The molecule has 0 saturated heterocycles. The zero-order chi connectivity index (χ0) is 23.1. The second-order valence-electron chi connectivity index (χ2n) is 6.69. The van der Waals surface area contributed by atoms with Crippen molar-refractivity contribution in [3.63, 3.8) is 0 Å². The number of hydrogen-bond acceptors (Lipinski definition) is 0. The third-order valence-electron chi connectivity index (χ3n) is 4.46. The van der Waals surface area contributed by atoms with Crippen molar-refractivity contribution >= 4 is 22.6 Å². The molecule has 0 atom stereocenters. The Labute approximate surface area is 170 Å². The fourth-order valence-electron chi connectivity index (χ4n) is 2.74. The topological polar surface area (TPSA) is 0 Å². The summed E-state index contributed by atoms with van der Waals surface area (Å²) >= 11 is 1.07. The zero-order valence-corrected chi connectivity index (χ0v) is 16.3. The lowest BCUT2D eigenvalue weighted by Crippen LogP contribution is -2.70. The lowest BCUT2D eigenvalue weighted by atomic mass is 9.88. The predicted octanol–water partition coefficient (Wildman–Crippen LogP) is 8.01. The molecule has 14 heteroatoms. The van der Waals surface area contributed by atoms with Crippen LogP contribution in [-0.4, -0.2) is 35.8 Å². The van der Waals surface area contributed by atoms with Crippen LogP contribution in [0.25, 0.3) is 0 Å². The van der Waals surface area contributed by atoms with Gasteiger partial charge in [0.05, 0.1) is 0 Å². The van der Waals surface area contributed by atoms with E-state index in [1.807, 2.05) is 0 Å². The molecule has 0 radical (unpaired) electrons. The fourth-order valence-corrected chi connectivity index (χ4v) is 3.73. The summed E-state index contributed by atoms with van der Waals surface area (Å²) in [6.45, 7) is 0. The second kappa shape index (κ2) is 8.24. The van der Waals surface area contributed by atoms with Crippen LogP contribution in [0.3, 0.4) is 0 Å². The molecule has 0 amide bonds. The lowest BCUT2D eigenvalue weighted by molar-refractivity contribution is -0.439. The van der Waals surface area contributed by atoms with Gasteiger partial charge in [0.15, 0.2) is 0 Å². The minimum Gasteiger partial charge on any atom is -0.199 e. The highest BCUT2D eigenvalue weighted by Gasteiger charge is 2.90. The molecular formula is C15H14F13I. The van der Waals surface area contributed by atoms with Gasteiger partial charge in [-0.3, -0.25) is 0 Å². The molecule has 1 fully saturated rings. The highest BCUT2D eigenvalue weighted by Crippen LogP contribution is 2.61. The minimum atomic E-state index is -7.84. The maximum Gasteiger partial charge on any atom is 0.460 e. The molecule has 1 rings (SSSR count). The van der Waals surface area contributed by atoms with Gasteiger partial charge in [-0.05, 0) is 44.9 Å². The quantitative estimate of drug-likeness (QED) is 0.216. The average Bonchev–Trinajstić information content (AvgIpc) is 2.53. The summed E-state index contributed by atoms with van der Waals surface area (Å²) in [5, 5.41) is 0. The summed E-state index contributed by atoms with van der Waals surface area (Å²) < 4.78 is 169. The molecule has 0 spiro atoms. The molecule has 0 nitrogen and oxygen atoms in total. The lowest BCUT2D eigenvalue weighted by Gasteiger charge is -2.39. The Morgan fingerprint density at radius 2 is 1.07 bits per heavy atom. The molecule has 1 saturated carbocycles. The normalized spacial score (nSPS) is 19.6. The van der Waals surface area contributed by atoms with Crippen LogP contribution in [0, 0.1) is 5.92 Å². The highest BCUT2D eigenvalue weighted by molar-refractivity contribution is 14.1. The van der Waals surface area contributed by atoms with Gasteiger partial charge in [-0.1, -0.05) is 25.3 Å². The number of allylic oxidation sites excluding steroid dienone is 2. The van der Waals surface area contributed by atoms with Gasteiger partial charge in [-0.15, -0.1) is 0 Å². The molecule has 1 aliphatic carbocycles. The van der Waals surface area contributed by atoms with Crippen LogP contribution in [0.1, 0.15) is 38.5 Å². The summed E-state index contributed by atoms with van der Waals surface area (Å²) in [6, 6.07) is 0. The van der Waals surface area contributed by atoms with E-state index in [1.165, 1.54) is 0 Å². The Hall–Kier alpha value is -0.440. The van der Waals surface area contributed by atoms with Crippen LogP contribution in [0.2, 0.25) is 0 Å². The molecule has 0 heterocycles. The van der Waals surface area contributed by atoms with Crippen LogP contribution in [0.5, 0.6) is 0 Å². The molecule has 172 valence electrons. The van der Waals surface area contributed by atoms with Crippen LogP contribution >= 0.6 is 22.6 Å². The van der Waals surface area contributed by atoms with E-state index in [-0.39, 0.29) is 5.92 Å². The third kappa shape index (κ3) is 4.75. The van der Waals surface area contributed by atoms with Crippen LogP contribution < -0.4 is 0 Å². The molecule has 0 aliphatic heterocycles. The maximum atomic E-state index is 13.8. The number of hydrogen-bond donors (Lipinski definition) is 0. The largest absolute Gasteiger partial charge is 0.460 e. The molecule has 1 aliphatic rings. The van der Waals surface area contributed by atoms with E-state index in [1.54, 1.807) is 0 Å². The van der Waals surface area contributed by atoms with Crippen LogP contribution in [0.15, 0.2) is 9.66 Å². The van der Waals surface area contributed by atoms with Gasteiger partial charge in [0.25, 0.3) is 0 Å². The Kier molecular flexibility index (Phi) is 7.56. The van der Waals surface area contributed by atoms with Crippen molar-refractivity contribution in [2.24, 2.45) is 5.92 Å². The smallest absolute Gasteiger partial charge is 0.199 e. The summed E-state index contributed by atoms with van der Waals surface area (Å²) in [4.78, 5) is 0. The molecule has 0 aromatic rings. The van der Waals surface area contributed by atoms with Gasteiger partial charge in [-0.2, -0.15) is 57.1 Å². The zero-order valence-electron chi connectivity index (χ0n) is 14.2. The summed E-state index contributed by atoms with van der Waals surface area (Å²) in [6.07, 6.45) is -5.46. The van der Waals surface area contributed by atoms with E-state index in [9.17, 15) is 57.1 Å². The first-order valence-corrected chi connectivity index (χ1v) is 9.12. The summed E-state index contributed by atoms with van der Waals surface area (Å²) in [7, 11) is 0. The Bertz CT molecular complexity index is 600. The van der Waals surface area contributed by atoms with Crippen molar-refractivity contribution in [3.8, 4) is 0 Å². The van der Waals surface area contributed by atoms with E-state index in [4.69, 9.17) is 0 Å². The van der Waals surface area contributed by atoms with Gasteiger partial charge in [0.1, 0.15) is 0 Å². The predicted molar refractivity (Wildman–Crippen MR) is 84.1 cm³/mol. The highest BCUT2D eigenvalue weighted by atomic mass is 127. The summed E-state index contributed by atoms with van der Waals surface area (Å²) in [5.74, 6) is -36.9. The second-order valence-corrected chi connectivity index (χ2v) is 8.07. The van der Waals surface area contributed by atoms with Gasteiger partial charge >= 0.3 is 35.8 Å². The Morgan fingerprint density at radius 3 is 1.48 bits per heavy atom. The minimum absolute atomic E-state index is 0.364. The van der Waals surface area contributed by atoms with E-state index in [2.05, 4.69) is 0 Å². The first kappa shape index (κ1) is 26.6. The van der Waals surface area contributed by atoms with Crippen molar-refractivity contribution in [2.45, 2.75) is 74.3 Å². The van der Waals surface area contributed by atoms with E-state index in [0.717, 1.165) is 35.1 Å². The van der Waals surface area contributed by atoms with Crippen LogP contribution in [0.4, 0.5) is 57.1 Å². The van der Waals surface area contributed by atoms with Crippen molar-refractivity contribution in [3.05, 3.63) is 9.66 Å². The first-order chi connectivity index (χ1) is 12.7. The number of rotatable bonds is 7. The molecular weight excluding hydrogens is 554 g/mol. The average molecular weight is 568 g/mol.